The molecule has 0 spiro atoms. The summed E-state index contributed by atoms with van der Waals surface area (Å²) in [7, 11) is 0. The highest BCUT2D eigenvalue weighted by molar-refractivity contribution is 5.35. The zero-order valence-corrected chi connectivity index (χ0v) is 12.3. The Hall–Kier alpha value is -1.75. The van der Waals surface area contributed by atoms with Crippen LogP contribution in [0.15, 0.2) is 22.7 Å². The molecule has 0 saturated heterocycles. The highest BCUT2D eigenvalue weighted by Crippen LogP contribution is 2.22. The molecular formula is C15H22N4O. The zero-order valence-electron chi connectivity index (χ0n) is 12.3. The van der Waals surface area contributed by atoms with Crippen LogP contribution in [-0.4, -0.2) is 22.9 Å². The van der Waals surface area contributed by atoms with Crippen LogP contribution in [-0.2, 0) is 6.54 Å². The Morgan fingerprint density at radius 1 is 1.55 bits per heavy atom. The number of hydrogen-bond donors (Lipinski definition) is 2. The van der Waals surface area contributed by atoms with Crippen LogP contribution < -0.4 is 10.6 Å². The maximum atomic E-state index is 5.60. The lowest BCUT2D eigenvalue weighted by Crippen LogP contribution is -2.36. The van der Waals surface area contributed by atoms with Crippen molar-refractivity contribution in [3.8, 4) is 0 Å². The fourth-order valence-electron chi connectivity index (χ4n) is 2.86. The molecule has 20 heavy (non-hydrogen) atoms. The van der Waals surface area contributed by atoms with Gasteiger partial charge in [0, 0.05) is 43.2 Å². The van der Waals surface area contributed by atoms with Gasteiger partial charge in [0.15, 0.2) is 0 Å². The summed E-state index contributed by atoms with van der Waals surface area (Å²) in [6, 6.07) is 4.45. The first-order chi connectivity index (χ1) is 9.63. The minimum absolute atomic E-state index is 0.312. The summed E-state index contributed by atoms with van der Waals surface area (Å²) >= 11 is 0. The Morgan fingerprint density at radius 3 is 3.15 bits per heavy atom. The Labute approximate surface area is 119 Å². The van der Waals surface area contributed by atoms with Crippen LogP contribution in [0.4, 0.5) is 5.82 Å². The second kappa shape index (κ2) is 5.32. The molecule has 1 aliphatic heterocycles. The molecule has 2 aromatic heterocycles. The highest BCUT2D eigenvalue weighted by Gasteiger charge is 2.19. The van der Waals surface area contributed by atoms with Crippen LogP contribution in [0.25, 0.3) is 0 Å². The molecule has 0 saturated carbocycles. The van der Waals surface area contributed by atoms with E-state index in [-0.39, 0.29) is 0 Å². The van der Waals surface area contributed by atoms with Gasteiger partial charge < -0.3 is 15.1 Å². The molecule has 5 nitrogen and oxygen atoms in total. The van der Waals surface area contributed by atoms with Crippen LogP contribution in [0.2, 0.25) is 0 Å². The van der Waals surface area contributed by atoms with E-state index in [4.69, 9.17) is 4.42 Å². The Balaban J connectivity index is 1.56. The summed E-state index contributed by atoms with van der Waals surface area (Å²) in [5.74, 6) is 3.67. The van der Waals surface area contributed by atoms with Gasteiger partial charge in [-0.2, -0.15) is 5.10 Å². The van der Waals surface area contributed by atoms with E-state index in [1.165, 1.54) is 5.56 Å². The lowest BCUT2D eigenvalue weighted by atomic mass is 10.1. The minimum Gasteiger partial charge on any atom is -0.466 e. The molecule has 1 aliphatic rings. The summed E-state index contributed by atoms with van der Waals surface area (Å²) < 4.78 is 7.63. The van der Waals surface area contributed by atoms with Gasteiger partial charge in [-0.1, -0.05) is 0 Å². The predicted molar refractivity (Wildman–Crippen MR) is 78.8 cm³/mol. The summed E-state index contributed by atoms with van der Waals surface area (Å²) in [4.78, 5) is 0. The van der Waals surface area contributed by atoms with Gasteiger partial charge in [0.05, 0.1) is 6.20 Å². The molecule has 3 rings (SSSR count). The Morgan fingerprint density at radius 2 is 2.40 bits per heavy atom. The van der Waals surface area contributed by atoms with Crippen LogP contribution in [0.3, 0.4) is 0 Å². The summed E-state index contributed by atoms with van der Waals surface area (Å²) in [6.07, 6.45) is 1.85. The average molecular weight is 274 g/mol. The SMILES string of the molecule is Cc1cc(C(C)NCC2CNc3ccnn3C2)c(C)o1. The largest absolute Gasteiger partial charge is 0.466 e. The summed E-state index contributed by atoms with van der Waals surface area (Å²) in [6.45, 7) is 9.14. The number of furan rings is 1. The first-order valence-corrected chi connectivity index (χ1v) is 7.19. The van der Waals surface area contributed by atoms with Crippen molar-refractivity contribution in [2.45, 2.75) is 33.4 Å². The average Bonchev–Trinajstić information content (AvgIpc) is 3.01. The maximum absolute atomic E-state index is 5.60. The quantitative estimate of drug-likeness (QED) is 0.899. The number of aromatic nitrogens is 2. The van der Waals surface area contributed by atoms with Gasteiger partial charge in [-0.3, -0.25) is 0 Å². The molecule has 0 radical (unpaired) electrons. The standard InChI is InChI=1S/C15H22N4O/c1-10-6-14(12(3)20-10)11(2)16-7-13-8-17-15-4-5-18-19(15)9-13/h4-6,11,13,16-17H,7-9H2,1-3H3. The normalized spacial score (nSPS) is 19.4. The summed E-state index contributed by atoms with van der Waals surface area (Å²) in [5.41, 5.74) is 1.26. The van der Waals surface area contributed by atoms with Crippen molar-refractivity contribution in [1.29, 1.82) is 0 Å². The number of nitrogens with one attached hydrogen (secondary N) is 2. The van der Waals surface area contributed by atoms with E-state index in [0.29, 0.717) is 12.0 Å². The molecule has 2 aromatic rings. The second-order valence-corrected chi connectivity index (χ2v) is 5.64. The van der Waals surface area contributed by atoms with Crippen molar-refractivity contribution < 1.29 is 4.42 Å². The van der Waals surface area contributed by atoms with Gasteiger partial charge in [-0.25, -0.2) is 4.68 Å². The van der Waals surface area contributed by atoms with E-state index in [1.807, 2.05) is 30.8 Å². The van der Waals surface area contributed by atoms with E-state index in [1.54, 1.807) is 0 Å². The van der Waals surface area contributed by atoms with Crippen molar-refractivity contribution in [3.05, 3.63) is 35.4 Å². The Kier molecular flexibility index (Phi) is 3.53. The van der Waals surface area contributed by atoms with Crippen LogP contribution >= 0.6 is 0 Å². The van der Waals surface area contributed by atoms with Gasteiger partial charge in [-0.05, 0) is 26.8 Å². The lowest BCUT2D eigenvalue weighted by Gasteiger charge is -2.26. The van der Waals surface area contributed by atoms with Crippen molar-refractivity contribution in [3.63, 3.8) is 0 Å². The molecule has 2 N–H and O–H groups in total. The fourth-order valence-corrected chi connectivity index (χ4v) is 2.86. The van der Waals surface area contributed by atoms with Crippen LogP contribution in [0.5, 0.6) is 0 Å². The third-order valence-corrected chi connectivity index (χ3v) is 3.98. The smallest absolute Gasteiger partial charge is 0.124 e. The molecule has 0 aromatic carbocycles. The molecule has 108 valence electrons. The van der Waals surface area contributed by atoms with Crippen molar-refractivity contribution in [2.75, 3.05) is 18.4 Å². The van der Waals surface area contributed by atoms with Crippen molar-refractivity contribution in [2.24, 2.45) is 5.92 Å². The van der Waals surface area contributed by atoms with Crippen molar-refractivity contribution in [1.82, 2.24) is 15.1 Å². The minimum atomic E-state index is 0.312. The number of nitrogens with zero attached hydrogens (tertiary/aromatic N) is 2. The topological polar surface area (TPSA) is 55.0 Å². The molecule has 0 amide bonds. The number of anilines is 1. The van der Waals surface area contributed by atoms with Crippen molar-refractivity contribution >= 4 is 5.82 Å². The molecule has 0 bridgehead atoms. The number of aryl methyl sites for hydroxylation is 2. The third kappa shape index (κ3) is 2.58. The maximum Gasteiger partial charge on any atom is 0.124 e. The number of fused-ring (bicyclic) bond motifs is 1. The van der Waals surface area contributed by atoms with E-state index >= 15 is 0 Å². The van der Waals surface area contributed by atoms with Gasteiger partial charge in [0.25, 0.3) is 0 Å². The first kappa shape index (κ1) is 13.2. The second-order valence-electron chi connectivity index (χ2n) is 5.64. The predicted octanol–water partition coefficient (Wildman–Crippen LogP) is 2.49. The molecule has 5 heteroatoms. The molecular weight excluding hydrogens is 252 g/mol. The Bertz CT molecular complexity index is 586. The summed E-state index contributed by atoms with van der Waals surface area (Å²) in [5, 5.41) is 11.3. The van der Waals surface area contributed by atoms with E-state index in [0.717, 1.165) is 37.0 Å². The number of rotatable bonds is 4. The van der Waals surface area contributed by atoms with E-state index < -0.39 is 0 Å². The molecule has 3 heterocycles. The molecule has 0 aliphatic carbocycles. The molecule has 2 atom stereocenters. The van der Waals surface area contributed by atoms with Gasteiger partial charge in [-0.15, -0.1) is 0 Å². The zero-order chi connectivity index (χ0) is 14.1. The third-order valence-electron chi connectivity index (χ3n) is 3.98. The van der Waals surface area contributed by atoms with Gasteiger partial charge in [0.1, 0.15) is 17.3 Å². The van der Waals surface area contributed by atoms with Crippen LogP contribution in [0, 0.1) is 19.8 Å². The monoisotopic (exact) mass is 274 g/mol. The highest BCUT2D eigenvalue weighted by atomic mass is 16.3. The van der Waals surface area contributed by atoms with Gasteiger partial charge in [0.2, 0.25) is 0 Å². The van der Waals surface area contributed by atoms with Gasteiger partial charge >= 0.3 is 0 Å². The van der Waals surface area contributed by atoms with E-state index in [2.05, 4.69) is 28.7 Å². The first-order valence-electron chi connectivity index (χ1n) is 7.19. The number of hydrogen-bond acceptors (Lipinski definition) is 4. The van der Waals surface area contributed by atoms with E-state index in [9.17, 15) is 0 Å². The fraction of sp³-hybridized carbons (Fsp3) is 0.533. The lowest BCUT2D eigenvalue weighted by molar-refractivity contribution is 0.375. The molecule has 0 fully saturated rings. The van der Waals surface area contributed by atoms with Crippen LogP contribution in [0.1, 0.15) is 30.0 Å². The molecule has 2 unspecified atom stereocenters.